The van der Waals surface area contributed by atoms with Gasteiger partial charge in [0.2, 0.25) is 5.91 Å². The average Bonchev–Trinajstić information content (AvgIpc) is 3.25. The summed E-state index contributed by atoms with van der Waals surface area (Å²) in [7, 11) is 0. The molecule has 2 N–H and O–H groups in total. The maximum Gasteiger partial charge on any atom is 0.220 e. The lowest BCUT2D eigenvalue weighted by atomic mass is 9.89. The highest BCUT2D eigenvalue weighted by atomic mass is 19.1. The molecular formula is C19H25FN2O. The quantitative estimate of drug-likeness (QED) is 0.877. The van der Waals surface area contributed by atoms with Crippen LogP contribution in [-0.4, -0.2) is 24.5 Å². The van der Waals surface area contributed by atoms with E-state index in [0.29, 0.717) is 31.0 Å². The molecule has 1 aromatic rings. The molecule has 2 saturated heterocycles. The minimum absolute atomic E-state index is 0.0521. The number of halogens is 1. The Morgan fingerprint density at radius 3 is 2.43 bits per heavy atom. The molecule has 3 fully saturated rings. The number of carbonyl (C=O) groups is 1. The monoisotopic (exact) mass is 316 g/mol. The molecule has 1 saturated carbocycles. The number of carbonyl (C=O) groups excluding carboxylic acids is 1. The van der Waals surface area contributed by atoms with Crippen LogP contribution in [0.15, 0.2) is 24.3 Å². The number of hydrogen-bond donors (Lipinski definition) is 2. The van der Waals surface area contributed by atoms with E-state index in [0.717, 1.165) is 31.2 Å². The molecule has 2 bridgehead atoms. The van der Waals surface area contributed by atoms with Crippen LogP contribution in [-0.2, 0) is 10.2 Å². The van der Waals surface area contributed by atoms with Crippen LogP contribution in [0.1, 0.15) is 50.5 Å². The van der Waals surface area contributed by atoms with E-state index in [4.69, 9.17) is 0 Å². The number of piperidine rings is 1. The average molecular weight is 316 g/mol. The van der Waals surface area contributed by atoms with Gasteiger partial charge in [-0.3, -0.25) is 4.79 Å². The molecule has 3 nitrogen and oxygen atoms in total. The fraction of sp³-hybridized carbons (Fsp3) is 0.632. The summed E-state index contributed by atoms with van der Waals surface area (Å²) in [6.45, 7) is 0.690. The first-order chi connectivity index (χ1) is 11.1. The van der Waals surface area contributed by atoms with E-state index in [1.807, 2.05) is 12.1 Å². The van der Waals surface area contributed by atoms with Gasteiger partial charge in [0.1, 0.15) is 5.82 Å². The van der Waals surface area contributed by atoms with Crippen LogP contribution >= 0.6 is 0 Å². The normalized spacial score (nSPS) is 30.9. The maximum atomic E-state index is 13.1. The third-order valence-corrected chi connectivity index (χ3v) is 5.98. The summed E-state index contributed by atoms with van der Waals surface area (Å²) in [5.41, 5.74) is 1.20. The zero-order valence-corrected chi connectivity index (χ0v) is 13.5. The molecule has 3 aliphatic rings. The minimum atomic E-state index is -0.200. The molecule has 124 valence electrons. The Morgan fingerprint density at radius 1 is 1.17 bits per heavy atom. The molecule has 1 amide bonds. The van der Waals surface area contributed by atoms with E-state index in [9.17, 15) is 9.18 Å². The first-order valence-electron chi connectivity index (χ1n) is 8.92. The first-order valence-corrected chi connectivity index (χ1v) is 8.92. The van der Waals surface area contributed by atoms with Crippen molar-refractivity contribution in [1.29, 1.82) is 0 Å². The summed E-state index contributed by atoms with van der Waals surface area (Å²) in [6.07, 6.45) is 7.66. The van der Waals surface area contributed by atoms with E-state index in [1.165, 1.54) is 25.0 Å². The van der Waals surface area contributed by atoms with Crippen LogP contribution < -0.4 is 10.6 Å². The van der Waals surface area contributed by atoms with Crippen LogP contribution in [0.25, 0.3) is 0 Å². The topological polar surface area (TPSA) is 41.1 Å². The highest BCUT2D eigenvalue weighted by Crippen LogP contribution is 2.47. The maximum absolute atomic E-state index is 13.1. The molecule has 2 aliphatic heterocycles. The molecule has 0 aromatic heterocycles. The highest BCUT2D eigenvalue weighted by molar-refractivity contribution is 5.76. The van der Waals surface area contributed by atoms with E-state index in [2.05, 4.69) is 10.6 Å². The van der Waals surface area contributed by atoms with Crippen LogP contribution in [0.5, 0.6) is 0 Å². The summed E-state index contributed by atoms with van der Waals surface area (Å²) in [5.74, 6) is 0.522. The van der Waals surface area contributed by atoms with Crippen molar-refractivity contribution in [2.24, 2.45) is 5.92 Å². The lowest BCUT2D eigenvalue weighted by molar-refractivity contribution is -0.122. The van der Waals surface area contributed by atoms with Gasteiger partial charge in [-0.2, -0.15) is 0 Å². The summed E-state index contributed by atoms with van der Waals surface area (Å²) in [5, 5.41) is 6.77. The first kappa shape index (κ1) is 15.1. The standard InChI is InChI=1S/C19H25FN2O/c20-15-3-1-14(2-4-15)19(7-8-19)12-21-18(23)11-13-9-16-5-6-17(10-13)22-16/h1-4,13,16-17,22H,5-12H2,(H,21,23). The second-order valence-corrected chi connectivity index (χ2v) is 7.74. The second kappa shape index (κ2) is 5.90. The molecule has 0 spiro atoms. The SMILES string of the molecule is O=C(CC1CC2CCC(C1)N2)NCC1(c2ccc(F)cc2)CC1. The van der Waals surface area contributed by atoms with Crippen LogP contribution in [0.4, 0.5) is 4.39 Å². The second-order valence-electron chi connectivity index (χ2n) is 7.74. The Balaban J connectivity index is 1.29. The lowest BCUT2D eigenvalue weighted by Gasteiger charge is -2.28. The number of hydrogen-bond acceptors (Lipinski definition) is 2. The fourth-order valence-corrected chi connectivity index (χ4v) is 4.47. The van der Waals surface area contributed by atoms with Crippen LogP contribution in [0.2, 0.25) is 0 Å². The third kappa shape index (κ3) is 3.27. The highest BCUT2D eigenvalue weighted by Gasteiger charge is 2.44. The predicted molar refractivity (Wildman–Crippen MR) is 87.6 cm³/mol. The number of rotatable bonds is 5. The van der Waals surface area contributed by atoms with Crippen LogP contribution in [0.3, 0.4) is 0 Å². The van der Waals surface area contributed by atoms with E-state index in [-0.39, 0.29) is 17.1 Å². The van der Waals surface area contributed by atoms with Gasteiger partial charge < -0.3 is 10.6 Å². The van der Waals surface area contributed by atoms with Gasteiger partial charge in [0.05, 0.1) is 0 Å². The molecule has 2 unspecified atom stereocenters. The van der Waals surface area contributed by atoms with Gasteiger partial charge in [0, 0.05) is 30.5 Å². The van der Waals surface area contributed by atoms with Crippen molar-refractivity contribution in [2.45, 2.75) is 62.4 Å². The van der Waals surface area contributed by atoms with E-state index in [1.54, 1.807) is 0 Å². The zero-order chi connectivity index (χ0) is 15.9. The van der Waals surface area contributed by atoms with E-state index >= 15 is 0 Å². The van der Waals surface area contributed by atoms with Crippen molar-refractivity contribution in [2.75, 3.05) is 6.54 Å². The van der Waals surface area contributed by atoms with Crippen molar-refractivity contribution < 1.29 is 9.18 Å². The van der Waals surface area contributed by atoms with Gasteiger partial charge in [-0.25, -0.2) is 4.39 Å². The molecule has 2 heterocycles. The van der Waals surface area contributed by atoms with Crippen molar-refractivity contribution in [3.05, 3.63) is 35.6 Å². The molecule has 4 heteroatoms. The van der Waals surface area contributed by atoms with Gasteiger partial charge >= 0.3 is 0 Å². The van der Waals surface area contributed by atoms with Crippen molar-refractivity contribution in [3.63, 3.8) is 0 Å². The van der Waals surface area contributed by atoms with Gasteiger partial charge in [-0.05, 0) is 62.1 Å². The minimum Gasteiger partial charge on any atom is -0.355 e. The Kier molecular flexibility index (Phi) is 3.88. The molecule has 4 rings (SSSR count). The van der Waals surface area contributed by atoms with Crippen molar-refractivity contribution in [3.8, 4) is 0 Å². The number of fused-ring (bicyclic) bond motifs is 2. The summed E-state index contributed by atoms with van der Waals surface area (Å²) >= 11 is 0. The fourth-order valence-electron chi connectivity index (χ4n) is 4.47. The molecule has 2 atom stereocenters. The van der Waals surface area contributed by atoms with Gasteiger partial charge in [0.25, 0.3) is 0 Å². The molecule has 23 heavy (non-hydrogen) atoms. The number of benzene rings is 1. The Hall–Kier alpha value is -1.42. The number of amides is 1. The van der Waals surface area contributed by atoms with E-state index < -0.39 is 0 Å². The molecule has 1 aliphatic carbocycles. The zero-order valence-electron chi connectivity index (χ0n) is 13.5. The largest absolute Gasteiger partial charge is 0.355 e. The lowest BCUT2D eigenvalue weighted by Crippen LogP contribution is -2.40. The van der Waals surface area contributed by atoms with Crippen LogP contribution in [0, 0.1) is 11.7 Å². The van der Waals surface area contributed by atoms with Gasteiger partial charge in [-0.15, -0.1) is 0 Å². The smallest absolute Gasteiger partial charge is 0.220 e. The third-order valence-electron chi connectivity index (χ3n) is 5.98. The summed E-state index contributed by atoms with van der Waals surface area (Å²) < 4.78 is 13.1. The Bertz CT molecular complexity index is 570. The molecular weight excluding hydrogens is 291 g/mol. The predicted octanol–water partition coefficient (Wildman–Crippen LogP) is 2.89. The molecule has 1 aromatic carbocycles. The number of nitrogens with one attached hydrogen (secondary N) is 2. The van der Waals surface area contributed by atoms with Gasteiger partial charge in [0.15, 0.2) is 0 Å². The van der Waals surface area contributed by atoms with Gasteiger partial charge in [-0.1, -0.05) is 12.1 Å². The summed E-state index contributed by atoms with van der Waals surface area (Å²) in [4.78, 5) is 12.3. The Morgan fingerprint density at radius 2 is 1.83 bits per heavy atom. The van der Waals surface area contributed by atoms with Crippen molar-refractivity contribution >= 4 is 5.91 Å². The molecule has 0 radical (unpaired) electrons. The van der Waals surface area contributed by atoms with Crippen molar-refractivity contribution in [1.82, 2.24) is 10.6 Å². The summed E-state index contributed by atoms with van der Waals surface area (Å²) in [6, 6.07) is 8.03. The Labute approximate surface area is 137 Å².